The lowest BCUT2D eigenvalue weighted by Gasteiger charge is -2.29. The van der Waals surface area contributed by atoms with E-state index in [1.807, 2.05) is 11.8 Å². The lowest BCUT2D eigenvalue weighted by Crippen LogP contribution is -2.34. The Hall–Kier alpha value is -0.550. The number of rotatable bonds is 5. The Kier molecular flexibility index (Phi) is 4.86. The molecule has 0 aromatic carbocycles. The second-order valence-electron chi connectivity index (χ2n) is 4.48. The summed E-state index contributed by atoms with van der Waals surface area (Å²) in [5.41, 5.74) is 0. The van der Waals surface area contributed by atoms with Gasteiger partial charge in [-0.1, -0.05) is 18.5 Å². The molecule has 1 aliphatic heterocycles. The monoisotopic (exact) mass is 255 g/mol. The van der Waals surface area contributed by atoms with Crippen LogP contribution >= 0.6 is 11.8 Å². The van der Waals surface area contributed by atoms with Gasteiger partial charge in [-0.2, -0.15) is 16.7 Å². The van der Waals surface area contributed by atoms with Crippen molar-refractivity contribution in [1.29, 1.82) is 0 Å². The highest BCUT2D eigenvalue weighted by atomic mass is 32.2. The standard InChI is InChI=1S/C12H21N3OS/c1-3-4-5-11-13-12(16-14-11)10(2)15-6-8-17-9-7-15/h10H,3-9H2,1-2H3. The van der Waals surface area contributed by atoms with E-state index in [0.717, 1.165) is 37.6 Å². The molecular weight excluding hydrogens is 234 g/mol. The van der Waals surface area contributed by atoms with Gasteiger partial charge in [-0.05, 0) is 13.3 Å². The Morgan fingerprint density at radius 1 is 1.41 bits per heavy atom. The molecule has 1 aromatic heterocycles. The number of hydrogen-bond acceptors (Lipinski definition) is 5. The van der Waals surface area contributed by atoms with Crippen molar-refractivity contribution in [3.8, 4) is 0 Å². The molecule has 0 amide bonds. The summed E-state index contributed by atoms with van der Waals surface area (Å²) < 4.78 is 5.37. The average molecular weight is 255 g/mol. The van der Waals surface area contributed by atoms with E-state index in [0.29, 0.717) is 0 Å². The summed E-state index contributed by atoms with van der Waals surface area (Å²) in [5.74, 6) is 4.06. The van der Waals surface area contributed by atoms with E-state index in [-0.39, 0.29) is 6.04 Å². The summed E-state index contributed by atoms with van der Waals surface area (Å²) in [6.07, 6.45) is 3.24. The molecule has 0 radical (unpaired) electrons. The molecule has 96 valence electrons. The van der Waals surface area contributed by atoms with E-state index >= 15 is 0 Å². The van der Waals surface area contributed by atoms with E-state index in [1.165, 1.54) is 17.9 Å². The predicted octanol–water partition coefficient (Wildman–Crippen LogP) is 2.52. The molecule has 1 atom stereocenters. The van der Waals surface area contributed by atoms with Gasteiger partial charge in [0.2, 0.25) is 5.89 Å². The van der Waals surface area contributed by atoms with Crippen LogP contribution in [0.2, 0.25) is 0 Å². The van der Waals surface area contributed by atoms with E-state index in [4.69, 9.17) is 4.52 Å². The van der Waals surface area contributed by atoms with Gasteiger partial charge in [-0.3, -0.25) is 4.90 Å². The van der Waals surface area contributed by atoms with Gasteiger partial charge >= 0.3 is 0 Å². The largest absolute Gasteiger partial charge is 0.338 e. The van der Waals surface area contributed by atoms with Crippen LogP contribution in [0.25, 0.3) is 0 Å². The number of aryl methyl sites for hydroxylation is 1. The van der Waals surface area contributed by atoms with Gasteiger partial charge in [0.05, 0.1) is 6.04 Å². The smallest absolute Gasteiger partial charge is 0.243 e. The van der Waals surface area contributed by atoms with Gasteiger partial charge in [0, 0.05) is 31.0 Å². The van der Waals surface area contributed by atoms with Crippen LogP contribution in [0.3, 0.4) is 0 Å². The second-order valence-corrected chi connectivity index (χ2v) is 5.70. The summed E-state index contributed by atoms with van der Waals surface area (Å²) in [6.45, 7) is 6.58. The van der Waals surface area contributed by atoms with Gasteiger partial charge in [-0.25, -0.2) is 0 Å². The summed E-state index contributed by atoms with van der Waals surface area (Å²) in [4.78, 5) is 6.92. The summed E-state index contributed by atoms with van der Waals surface area (Å²) in [7, 11) is 0. The van der Waals surface area contributed by atoms with Crippen molar-refractivity contribution in [2.24, 2.45) is 0 Å². The molecule has 1 aliphatic rings. The third kappa shape index (κ3) is 3.45. The van der Waals surface area contributed by atoms with Crippen molar-refractivity contribution in [2.75, 3.05) is 24.6 Å². The summed E-state index contributed by atoms with van der Waals surface area (Å²) in [5, 5.41) is 4.05. The second kappa shape index (κ2) is 6.40. The maximum atomic E-state index is 5.37. The first-order chi connectivity index (χ1) is 8.31. The maximum absolute atomic E-state index is 5.37. The van der Waals surface area contributed by atoms with Gasteiger partial charge in [0.15, 0.2) is 5.82 Å². The fraction of sp³-hybridized carbons (Fsp3) is 0.833. The first kappa shape index (κ1) is 12.9. The molecule has 1 fully saturated rings. The number of unbranched alkanes of at least 4 members (excludes halogenated alkanes) is 1. The van der Waals surface area contributed by atoms with E-state index in [2.05, 4.69) is 28.9 Å². The molecule has 4 nitrogen and oxygen atoms in total. The first-order valence-electron chi connectivity index (χ1n) is 6.45. The quantitative estimate of drug-likeness (QED) is 0.808. The van der Waals surface area contributed by atoms with Gasteiger partial charge in [0.25, 0.3) is 0 Å². The van der Waals surface area contributed by atoms with Crippen LogP contribution in [0, 0.1) is 0 Å². The minimum atomic E-state index is 0.263. The molecule has 0 spiro atoms. The van der Waals surface area contributed by atoms with Gasteiger partial charge in [0.1, 0.15) is 0 Å². The molecule has 5 heteroatoms. The molecule has 1 aromatic rings. The highest BCUT2D eigenvalue weighted by Gasteiger charge is 2.23. The Labute approximate surface area is 107 Å². The van der Waals surface area contributed by atoms with Crippen LogP contribution in [0.4, 0.5) is 0 Å². The van der Waals surface area contributed by atoms with Crippen LogP contribution in [0.5, 0.6) is 0 Å². The average Bonchev–Trinajstić information content (AvgIpc) is 2.85. The molecule has 0 saturated carbocycles. The fourth-order valence-electron chi connectivity index (χ4n) is 1.99. The minimum Gasteiger partial charge on any atom is -0.338 e. The van der Waals surface area contributed by atoms with Crippen LogP contribution < -0.4 is 0 Å². The van der Waals surface area contributed by atoms with Crippen molar-refractivity contribution in [3.63, 3.8) is 0 Å². The fourth-order valence-corrected chi connectivity index (χ4v) is 2.93. The molecule has 2 rings (SSSR count). The summed E-state index contributed by atoms with van der Waals surface area (Å²) >= 11 is 2.02. The Bertz CT molecular complexity index is 336. The van der Waals surface area contributed by atoms with E-state index in [9.17, 15) is 0 Å². The molecule has 1 saturated heterocycles. The number of nitrogens with zero attached hydrogens (tertiary/aromatic N) is 3. The Morgan fingerprint density at radius 3 is 2.88 bits per heavy atom. The highest BCUT2D eigenvalue weighted by molar-refractivity contribution is 7.99. The Balaban J connectivity index is 1.93. The van der Waals surface area contributed by atoms with Crippen LogP contribution in [0.15, 0.2) is 4.52 Å². The minimum absolute atomic E-state index is 0.263. The summed E-state index contributed by atoms with van der Waals surface area (Å²) in [6, 6.07) is 0.263. The molecule has 1 unspecified atom stereocenters. The first-order valence-corrected chi connectivity index (χ1v) is 7.61. The van der Waals surface area contributed by atoms with Crippen LogP contribution in [0.1, 0.15) is 44.4 Å². The maximum Gasteiger partial charge on any atom is 0.243 e. The lowest BCUT2D eigenvalue weighted by molar-refractivity contribution is 0.189. The van der Waals surface area contributed by atoms with Gasteiger partial charge < -0.3 is 4.52 Å². The highest BCUT2D eigenvalue weighted by Crippen LogP contribution is 2.22. The zero-order valence-electron chi connectivity index (χ0n) is 10.7. The van der Waals surface area contributed by atoms with Crippen LogP contribution in [-0.4, -0.2) is 39.6 Å². The predicted molar refractivity (Wildman–Crippen MR) is 70.2 cm³/mol. The normalized spacial score (nSPS) is 19.4. The van der Waals surface area contributed by atoms with E-state index < -0.39 is 0 Å². The molecule has 17 heavy (non-hydrogen) atoms. The van der Waals surface area contributed by atoms with E-state index in [1.54, 1.807) is 0 Å². The van der Waals surface area contributed by atoms with Crippen molar-refractivity contribution >= 4 is 11.8 Å². The number of hydrogen-bond donors (Lipinski definition) is 0. The third-order valence-corrected chi connectivity index (χ3v) is 4.13. The van der Waals surface area contributed by atoms with Crippen molar-refractivity contribution < 1.29 is 4.52 Å². The van der Waals surface area contributed by atoms with Crippen LogP contribution in [-0.2, 0) is 6.42 Å². The zero-order chi connectivity index (χ0) is 12.1. The number of thioether (sulfide) groups is 1. The Morgan fingerprint density at radius 2 is 2.18 bits per heavy atom. The molecule has 0 aliphatic carbocycles. The topological polar surface area (TPSA) is 42.2 Å². The molecule has 0 N–H and O–H groups in total. The van der Waals surface area contributed by atoms with Crippen molar-refractivity contribution in [1.82, 2.24) is 15.0 Å². The SMILES string of the molecule is CCCCc1noc(C(C)N2CCSCC2)n1. The number of aromatic nitrogens is 2. The lowest BCUT2D eigenvalue weighted by atomic mass is 10.2. The third-order valence-electron chi connectivity index (χ3n) is 3.19. The van der Waals surface area contributed by atoms with Crippen molar-refractivity contribution in [3.05, 3.63) is 11.7 Å². The van der Waals surface area contributed by atoms with Crippen molar-refractivity contribution in [2.45, 2.75) is 39.2 Å². The molecular formula is C12H21N3OS. The van der Waals surface area contributed by atoms with Gasteiger partial charge in [-0.15, -0.1) is 0 Å². The zero-order valence-corrected chi connectivity index (χ0v) is 11.5. The molecule has 2 heterocycles. The molecule has 0 bridgehead atoms.